The summed E-state index contributed by atoms with van der Waals surface area (Å²) >= 11 is 34.0. The van der Waals surface area contributed by atoms with Gasteiger partial charge in [0, 0.05) is 5.56 Å². The van der Waals surface area contributed by atoms with E-state index in [0.717, 1.165) is 6.07 Å². The van der Waals surface area contributed by atoms with Gasteiger partial charge in [0.25, 0.3) is 0 Å². The quantitative estimate of drug-likeness (QED) is 0.564. The Kier molecular flexibility index (Phi) is 4.50. The first-order valence-corrected chi connectivity index (χ1v) is 5.91. The molecule has 2 nitrogen and oxygen atoms in total. The summed E-state index contributed by atoms with van der Waals surface area (Å²) < 4.78 is -1.95. The molecule has 8 heteroatoms. The summed E-state index contributed by atoms with van der Waals surface area (Å²) in [4.78, 5) is 11.0. The first-order valence-electron chi connectivity index (χ1n) is 3.64. The van der Waals surface area contributed by atoms with Gasteiger partial charge in [0.1, 0.15) is 0 Å². The first kappa shape index (κ1) is 14.5. The van der Waals surface area contributed by atoms with Crippen LogP contribution in [-0.2, 0) is 3.79 Å². The van der Waals surface area contributed by atoms with Gasteiger partial charge in [-0.15, -0.1) is 0 Å². The van der Waals surface area contributed by atoms with E-state index >= 15 is 0 Å². The van der Waals surface area contributed by atoms with E-state index in [-0.39, 0.29) is 26.2 Å². The molecular formula is C8H2Cl6O2. The maximum absolute atomic E-state index is 11.0. The normalized spacial score (nSPS) is 11.6. The van der Waals surface area contributed by atoms with Crippen LogP contribution in [-0.4, -0.2) is 11.1 Å². The molecule has 0 aliphatic rings. The van der Waals surface area contributed by atoms with Gasteiger partial charge >= 0.3 is 5.97 Å². The lowest BCUT2D eigenvalue weighted by molar-refractivity contribution is 0.0696. The van der Waals surface area contributed by atoms with Crippen molar-refractivity contribution < 1.29 is 9.90 Å². The third kappa shape index (κ3) is 2.81. The highest BCUT2D eigenvalue weighted by atomic mass is 35.6. The molecule has 0 saturated heterocycles. The average Bonchev–Trinajstić information content (AvgIpc) is 2.11. The molecule has 1 aromatic carbocycles. The molecular weight excluding hydrogens is 341 g/mol. The summed E-state index contributed by atoms with van der Waals surface area (Å²) in [5.41, 5.74) is -0.513. The lowest BCUT2D eigenvalue weighted by atomic mass is 10.1. The van der Waals surface area contributed by atoms with E-state index in [1.54, 1.807) is 0 Å². The van der Waals surface area contributed by atoms with Gasteiger partial charge in [0.05, 0.1) is 20.6 Å². The van der Waals surface area contributed by atoms with Crippen molar-refractivity contribution in [2.24, 2.45) is 0 Å². The van der Waals surface area contributed by atoms with E-state index in [4.69, 9.17) is 74.7 Å². The average molecular weight is 343 g/mol. The predicted molar refractivity (Wildman–Crippen MR) is 67.7 cm³/mol. The lowest BCUT2D eigenvalue weighted by Crippen LogP contribution is -2.11. The second-order valence-electron chi connectivity index (χ2n) is 2.71. The monoisotopic (exact) mass is 340 g/mol. The number of halogens is 6. The molecule has 1 rings (SSSR count). The molecule has 0 aromatic heterocycles. The van der Waals surface area contributed by atoms with Crippen LogP contribution in [0.4, 0.5) is 0 Å². The predicted octanol–water partition coefficient (Wildman–Crippen LogP) is 5.17. The Morgan fingerprint density at radius 1 is 1.12 bits per heavy atom. The molecule has 0 spiro atoms. The third-order valence-electron chi connectivity index (χ3n) is 1.68. The highest BCUT2D eigenvalue weighted by Gasteiger charge is 2.32. The molecule has 1 aromatic rings. The smallest absolute Gasteiger partial charge is 0.337 e. The van der Waals surface area contributed by atoms with Crippen molar-refractivity contribution in [3.05, 3.63) is 32.3 Å². The van der Waals surface area contributed by atoms with E-state index in [9.17, 15) is 4.79 Å². The van der Waals surface area contributed by atoms with Gasteiger partial charge in [-0.25, -0.2) is 4.79 Å². The summed E-state index contributed by atoms with van der Waals surface area (Å²) in [6.07, 6.45) is 0. The zero-order valence-corrected chi connectivity index (χ0v) is 11.7. The van der Waals surface area contributed by atoms with Crippen LogP contribution in [0.15, 0.2) is 6.07 Å². The van der Waals surface area contributed by atoms with Crippen molar-refractivity contribution in [1.82, 2.24) is 0 Å². The number of hydrogen-bond donors (Lipinski definition) is 1. The van der Waals surface area contributed by atoms with Gasteiger partial charge < -0.3 is 5.11 Å². The number of carboxylic acid groups (broad SMARTS) is 1. The van der Waals surface area contributed by atoms with E-state index in [0.29, 0.717) is 0 Å². The Morgan fingerprint density at radius 3 is 2.00 bits per heavy atom. The second kappa shape index (κ2) is 4.97. The topological polar surface area (TPSA) is 37.3 Å². The maximum Gasteiger partial charge on any atom is 0.337 e. The van der Waals surface area contributed by atoms with E-state index in [1.807, 2.05) is 0 Å². The summed E-state index contributed by atoms with van der Waals surface area (Å²) in [6.45, 7) is 0. The number of benzene rings is 1. The van der Waals surface area contributed by atoms with Crippen LogP contribution in [0.5, 0.6) is 0 Å². The molecule has 0 aliphatic carbocycles. The van der Waals surface area contributed by atoms with Gasteiger partial charge in [0.15, 0.2) is 0 Å². The van der Waals surface area contributed by atoms with Gasteiger partial charge in [-0.2, -0.15) is 0 Å². The lowest BCUT2D eigenvalue weighted by Gasteiger charge is -2.16. The molecule has 0 bridgehead atoms. The number of alkyl halides is 3. The summed E-state index contributed by atoms with van der Waals surface area (Å²) in [5, 5.41) is 8.62. The van der Waals surface area contributed by atoms with Crippen LogP contribution in [0, 0.1) is 0 Å². The first-order chi connectivity index (χ1) is 7.16. The fourth-order valence-electron chi connectivity index (χ4n) is 1.03. The Bertz CT molecular complexity index is 451. The molecule has 0 aliphatic heterocycles. The van der Waals surface area contributed by atoms with Crippen LogP contribution >= 0.6 is 69.6 Å². The summed E-state index contributed by atoms with van der Waals surface area (Å²) in [7, 11) is 0. The molecule has 0 amide bonds. The van der Waals surface area contributed by atoms with Crippen LogP contribution in [0.25, 0.3) is 0 Å². The number of rotatable bonds is 1. The highest BCUT2D eigenvalue weighted by molar-refractivity contribution is 6.67. The van der Waals surface area contributed by atoms with Crippen LogP contribution in [0.2, 0.25) is 15.1 Å². The minimum absolute atomic E-state index is 0.0120. The van der Waals surface area contributed by atoms with E-state index in [2.05, 4.69) is 0 Å². The number of aromatic carboxylic acids is 1. The van der Waals surface area contributed by atoms with Crippen molar-refractivity contribution in [3.63, 3.8) is 0 Å². The van der Waals surface area contributed by atoms with Gasteiger partial charge in [-0.1, -0.05) is 69.6 Å². The van der Waals surface area contributed by atoms with Gasteiger partial charge in [-0.05, 0) is 6.07 Å². The molecule has 1 N–H and O–H groups in total. The molecule has 0 atom stereocenters. The summed E-state index contributed by atoms with van der Waals surface area (Å²) in [6, 6.07) is 1.16. The van der Waals surface area contributed by atoms with E-state index < -0.39 is 9.76 Å². The SMILES string of the molecule is O=C(O)c1c(C(Cl)(Cl)Cl)cc(Cl)c(Cl)c1Cl. The fourth-order valence-corrected chi connectivity index (χ4v) is 2.16. The Labute approximate surface area is 121 Å². The highest BCUT2D eigenvalue weighted by Crippen LogP contribution is 2.45. The van der Waals surface area contributed by atoms with Crippen molar-refractivity contribution in [2.45, 2.75) is 3.79 Å². The third-order valence-corrected chi connectivity index (χ3v) is 3.55. The molecule has 16 heavy (non-hydrogen) atoms. The van der Waals surface area contributed by atoms with Gasteiger partial charge in [0.2, 0.25) is 3.79 Å². The second-order valence-corrected chi connectivity index (χ2v) is 6.16. The molecule has 88 valence electrons. The zero-order chi connectivity index (χ0) is 12.7. The van der Waals surface area contributed by atoms with Crippen molar-refractivity contribution in [3.8, 4) is 0 Å². The number of carboxylic acids is 1. The standard InChI is InChI=1S/C8H2Cl6O2/c9-3-1-2(8(12,13)14)4(7(15)16)6(11)5(3)10/h1H,(H,15,16). The van der Waals surface area contributed by atoms with Crippen LogP contribution in [0.1, 0.15) is 15.9 Å². The Hall–Kier alpha value is 0.430. The zero-order valence-electron chi connectivity index (χ0n) is 7.20. The Balaban J connectivity index is 3.67. The molecule has 0 saturated carbocycles. The number of carbonyl (C=O) groups is 1. The summed E-state index contributed by atoms with van der Waals surface area (Å²) in [5.74, 6) is -1.36. The van der Waals surface area contributed by atoms with Crippen LogP contribution in [0.3, 0.4) is 0 Å². The van der Waals surface area contributed by atoms with E-state index in [1.165, 1.54) is 0 Å². The van der Waals surface area contributed by atoms with Crippen LogP contribution < -0.4 is 0 Å². The minimum Gasteiger partial charge on any atom is -0.478 e. The van der Waals surface area contributed by atoms with Crippen molar-refractivity contribution in [2.75, 3.05) is 0 Å². The molecule has 0 heterocycles. The molecule has 0 unspecified atom stereocenters. The largest absolute Gasteiger partial charge is 0.478 e. The minimum atomic E-state index is -1.95. The maximum atomic E-state index is 11.0. The fraction of sp³-hybridized carbons (Fsp3) is 0.125. The van der Waals surface area contributed by atoms with Gasteiger partial charge in [-0.3, -0.25) is 0 Å². The molecule has 0 radical (unpaired) electrons. The number of hydrogen-bond acceptors (Lipinski definition) is 1. The van der Waals surface area contributed by atoms with Crippen molar-refractivity contribution in [1.29, 1.82) is 0 Å². The Morgan fingerprint density at radius 2 is 1.62 bits per heavy atom. The van der Waals surface area contributed by atoms with Crippen molar-refractivity contribution >= 4 is 75.6 Å². The molecule has 0 fully saturated rings.